The van der Waals surface area contributed by atoms with Crippen LogP contribution in [0.4, 0.5) is 0 Å². The molecule has 0 aliphatic carbocycles. The third kappa shape index (κ3) is 7.86. The van der Waals surface area contributed by atoms with Crippen molar-refractivity contribution in [3.8, 4) is 0 Å². The first kappa shape index (κ1) is 17.9. The van der Waals surface area contributed by atoms with E-state index < -0.39 is 24.0 Å². The third-order valence-corrected chi connectivity index (χ3v) is 3.15. The van der Waals surface area contributed by atoms with Crippen molar-refractivity contribution >= 4 is 23.6 Å². The van der Waals surface area contributed by atoms with Crippen molar-refractivity contribution in [2.24, 2.45) is 0 Å². The molecule has 19 heavy (non-hydrogen) atoms. The number of hydrogen-bond donors (Lipinski definition) is 4. The van der Waals surface area contributed by atoms with Gasteiger partial charge in [0.25, 0.3) is 11.8 Å². The van der Waals surface area contributed by atoms with Gasteiger partial charge in [-0.15, -0.1) is 11.8 Å². The summed E-state index contributed by atoms with van der Waals surface area (Å²) in [5.74, 6) is -0.650. The number of aliphatic hydroxyl groups excluding tert-OH is 2. The molecule has 0 bridgehead atoms. The molecule has 110 valence electrons. The number of rotatable bonds is 9. The van der Waals surface area contributed by atoms with E-state index in [-0.39, 0.29) is 0 Å². The zero-order valence-corrected chi connectivity index (χ0v) is 12.1. The van der Waals surface area contributed by atoms with E-state index in [1.807, 2.05) is 18.4 Å². The second kappa shape index (κ2) is 10.8. The van der Waals surface area contributed by atoms with E-state index in [1.165, 1.54) is 0 Å². The molecule has 0 fully saturated rings. The Balaban J connectivity index is 3.89. The van der Waals surface area contributed by atoms with Gasteiger partial charge in [0.1, 0.15) is 0 Å². The van der Waals surface area contributed by atoms with Gasteiger partial charge in [0.2, 0.25) is 0 Å². The van der Waals surface area contributed by atoms with Gasteiger partial charge in [0, 0.05) is 13.1 Å². The van der Waals surface area contributed by atoms with Gasteiger partial charge in [-0.25, -0.2) is 0 Å². The van der Waals surface area contributed by atoms with Crippen LogP contribution in [0.3, 0.4) is 0 Å². The van der Waals surface area contributed by atoms with E-state index in [4.69, 9.17) is 0 Å². The summed E-state index contributed by atoms with van der Waals surface area (Å²) >= 11 is 1.62. The topological polar surface area (TPSA) is 98.7 Å². The van der Waals surface area contributed by atoms with Crippen LogP contribution < -0.4 is 10.6 Å². The van der Waals surface area contributed by atoms with E-state index in [2.05, 4.69) is 10.6 Å². The van der Waals surface area contributed by atoms with Gasteiger partial charge in [0.05, 0.1) is 0 Å². The molecule has 6 nitrogen and oxygen atoms in total. The van der Waals surface area contributed by atoms with Crippen molar-refractivity contribution in [3.63, 3.8) is 0 Å². The number of thioether (sulfide) groups is 1. The summed E-state index contributed by atoms with van der Waals surface area (Å²) in [5.41, 5.74) is 0. The summed E-state index contributed by atoms with van der Waals surface area (Å²) in [6.07, 6.45) is -0.812. The maximum Gasteiger partial charge on any atom is 0.252 e. The lowest BCUT2D eigenvalue weighted by Gasteiger charge is -2.16. The Morgan fingerprint density at radius 3 is 2.32 bits per heavy atom. The largest absolute Gasteiger partial charge is 0.380 e. The number of nitrogens with one attached hydrogen (secondary N) is 2. The number of carbonyl (C=O) groups excluding carboxylic acids is 2. The molecule has 0 radical (unpaired) electrons. The summed E-state index contributed by atoms with van der Waals surface area (Å²) in [4.78, 5) is 22.7. The van der Waals surface area contributed by atoms with Gasteiger partial charge in [0.15, 0.2) is 12.2 Å². The highest BCUT2D eigenvalue weighted by Crippen LogP contribution is 2.03. The first-order valence-corrected chi connectivity index (χ1v) is 7.23. The minimum atomic E-state index is -1.74. The van der Waals surface area contributed by atoms with E-state index in [1.54, 1.807) is 18.7 Å². The van der Waals surface area contributed by atoms with Gasteiger partial charge in [-0.2, -0.15) is 0 Å². The fourth-order valence-corrected chi connectivity index (χ4v) is 1.84. The molecule has 2 atom stereocenters. The summed E-state index contributed by atoms with van der Waals surface area (Å²) in [6, 6.07) is 0. The highest BCUT2D eigenvalue weighted by Gasteiger charge is 2.29. The van der Waals surface area contributed by atoms with Crippen LogP contribution in [0.15, 0.2) is 11.5 Å². The van der Waals surface area contributed by atoms with Crippen molar-refractivity contribution < 1.29 is 19.8 Å². The van der Waals surface area contributed by atoms with Gasteiger partial charge in [-0.05, 0) is 31.4 Å². The molecule has 7 heteroatoms. The number of amides is 2. The molecule has 0 heterocycles. The van der Waals surface area contributed by atoms with Crippen molar-refractivity contribution in [1.82, 2.24) is 10.6 Å². The Morgan fingerprint density at radius 1 is 1.21 bits per heavy atom. The van der Waals surface area contributed by atoms with E-state index in [9.17, 15) is 19.8 Å². The average molecular weight is 290 g/mol. The van der Waals surface area contributed by atoms with E-state index in [0.717, 1.165) is 12.2 Å². The maximum absolute atomic E-state index is 11.5. The zero-order chi connectivity index (χ0) is 14.7. The molecule has 0 aliphatic rings. The van der Waals surface area contributed by atoms with Crippen LogP contribution in [0, 0.1) is 0 Å². The Labute approximate surface area is 117 Å². The van der Waals surface area contributed by atoms with Crippen molar-refractivity contribution in [1.29, 1.82) is 0 Å². The van der Waals surface area contributed by atoms with Crippen LogP contribution in [-0.2, 0) is 9.59 Å². The Kier molecular flexibility index (Phi) is 10.2. The predicted octanol–water partition coefficient (Wildman–Crippen LogP) is -0.383. The number of likely N-dealkylation sites (N-methyl/N-ethyl adjacent to an activating group) is 1. The second-order valence-electron chi connectivity index (χ2n) is 3.77. The van der Waals surface area contributed by atoms with Gasteiger partial charge < -0.3 is 20.8 Å². The first-order chi connectivity index (χ1) is 9.04. The third-order valence-electron chi connectivity index (χ3n) is 2.16. The molecular formula is C12H22N2O4S. The standard InChI is InChI=1S/C12H22N2O4S/c1-3-7-19-8-5-6-14-12(18)10(16)9(15)11(17)13-4-2/h3,7,9-10,15-16H,4-6,8H2,1-2H3,(H,13,17)(H,14,18)/b7-3-. The van der Waals surface area contributed by atoms with Gasteiger partial charge in [-0.3, -0.25) is 9.59 Å². The summed E-state index contributed by atoms with van der Waals surface area (Å²) in [6.45, 7) is 4.32. The molecule has 0 saturated heterocycles. The molecule has 4 N–H and O–H groups in total. The van der Waals surface area contributed by atoms with Crippen LogP contribution >= 0.6 is 11.8 Å². The molecule has 2 unspecified atom stereocenters. The summed E-state index contributed by atoms with van der Waals surface area (Å²) in [5, 5.41) is 25.7. The highest BCUT2D eigenvalue weighted by atomic mass is 32.2. The highest BCUT2D eigenvalue weighted by molar-refractivity contribution is 8.02. The minimum absolute atomic E-state index is 0.326. The summed E-state index contributed by atoms with van der Waals surface area (Å²) in [7, 11) is 0. The van der Waals surface area contributed by atoms with Gasteiger partial charge in [-0.1, -0.05) is 6.08 Å². The molecule has 2 amide bonds. The second-order valence-corrected chi connectivity index (χ2v) is 4.78. The van der Waals surface area contributed by atoms with Crippen LogP contribution in [0.1, 0.15) is 20.3 Å². The zero-order valence-electron chi connectivity index (χ0n) is 11.3. The van der Waals surface area contributed by atoms with Crippen LogP contribution in [0.25, 0.3) is 0 Å². The SMILES string of the molecule is C/C=C\SCCCNC(=O)C(O)C(O)C(=O)NCC. The van der Waals surface area contributed by atoms with E-state index in [0.29, 0.717) is 13.1 Å². The van der Waals surface area contributed by atoms with Crippen molar-refractivity contribution in [2.45, 2.75) is 32.5 Å². The first-order valence-electron chi connectivity index (χ1n) is 6.18. The van der Waals surface area contributed by atoms with E-state index >= 15 is 0 Å². The smallest absolute Gasteiger partial charge is 0.252 e. The Bertz CT molecular complexity index is 310. The quantitative estimate of drug-likeness (QED) is 0.434. The number of aliphatic hydroxyl groups is 2. The van der Waals surface area contributed by atoms with Gasteiger partial charge >= 0.3 is 0 Å². The maximum atomic E-state index is 11.5. The Hall–Kier alpha value is -1.05. The molecule has 0 aromatic rings. The monoisotopic (exact) mass is 290 g/mol. The molecule has 0 rings (SSSR count). The summed E-state index contributed by atoms with van der Waals surface area (Å²) < 4.78 is 0. The van der Waals surface area contributed by atoms with Crippen molar-refractivity contribution in [2.75, 3.05) is 18.8 Å². The normalized spacial score (nSPS) is 14.1. The minimum Gasteiger partial charge on any atom is -0.380 e. The Morgan fingerprint density at radius 2 is 1.79 bits per heavy atom. The molecular weight excluding hydrogens is 268 g/mol. The average Bonchev–Trinajstić information content (AvgIpc) is 2.41. The lowest BCUT2D eigenvalue weighted by atomic mass is 10.1. The fourth-order valence-electron chi connectivity index (χ4n) is 1.20. The molecule has 0 aromatic heterocycles. The lowest BCUT2D eigenvalue weighted by molar-refractivity contribution is -0.145. The van der Waals surface area contributed by atoms with Crippen molar-refractivity contribution in [3.05, 3.63) is 11.5 Å². The van der Waals surface area contributed by atoms with Crippen LogP contribution in [0.2, 0.25) is 0 Å². The predicted molar refractivity (Wildman–Crippen MR) is 75.6 cm³/mol. The van der Waals surface area contributed by atoms with Crippen LogP contribution in [0.5, 0.6) is 0 Å². The molecule has 0 aliphatic heterocycles. The molecule has 0 saturated carbocycles. The number of carbonyl (C=O) groups is 2. The fraction of sp³-hybridized carbons (Fsp3) is 0.667. The number of allylic oxidation sites excluding steroid dienone is 1. The molecule has 0 aromatic carbocycles. The van der Waals surface area contributed by atoms with Crippen LogP contribution in [-0.4, -0.2) is 53.1 Å². The molecule has 0 spiro atoms. The lowest BCUT2D eigenvalue weighted by Crippen LogP contribution is -2.49. The number of hydrogen-bond acceptors (Lipinski definition) is 5.